The maximum absolute atomic E-state index is 11.0. The summed E-state index contributed by atoms with van der Waals surface area (Å²) in [5.41, 5.74) is 2.14. The lowest BCUT2D eigenvalue weighted by atomic mass is 9.85. The summed E-state index contributed by atoms with van der Waals surface area (Å²) in [4.78, 5) is 11.0. The van der Waals surface area contributed by atoms with E-state index in [1.807, 2.05) is 74.5 Å². The third kappa shape index (κ3) is 6.37. The number of carboxylic acids is 1. The summed E-state index contributed by atoms with van der Waals surface area (Å²) in [6.07, 6.45) is -1.07. The van der Waals surface area contributed by atoms with Crippen molar-refractivity contribution in [1.82, 2.24) is 0 Å². The number of carboxylic acid groups (broad SMARTS) is 1. The van der Waals surface area contributed by atoms with E-state index in [1.54, 1.807) is 0 Å². The lowest BCUT2D eigenvalue weighted by molar-refractivity contribution is -0.280. The van der Waals surface area contributed by atoms with E-state index in [9.17, 15) is 4.79 Å². The molecule has 0 bridgehead atoms. The summed E-state index contributed by atoms with van der Waals surface area (Å²) in [7, 11) is 0. The normalized spacial score (nSPS) is 26.4. The lowest BCUT2D eigenvalue weighted by Crippen LogP contribution is -2.52. The van der Waals surface area contributed by atoms with E-state index >= 15 is 0 Å². The van der Waals surface area contributed by atoms with Gasteiger partial charge in [0, 0.05) is 11.8 Å². The van der Waals surface area contributed by atoms with Crippen molar-refractivity contribution in [3.8, 4) is 0 Å². The molecule has 0 saturated carbocycles. The minimum atomic E-state index is -0.987. The third-order valence-corrected chi connectivity index (χ3v) is 5.41. The Kier molecular flexibility index (Phi) is 8.39. The first kappa shape index (κ1) is 22.4. The first-order valence-electron chi connectivity index (χ1n) is 10.3. The second kappa shape index (κ2) is 11.2. The molecule has 0 radical (unpaired) electrons. The molecule has 6 nitrogen and oxygen atoms in total. The van der Waals surface area contributed by atoms with Gasteiger partial charge in [0.05, 0.1) is 32.0 Å². The van der Waals surface area contributed by atoms with Crippen LogP contribution in [0.5, 0.6) is 0 Å². The van der Waals surface area contributed by atoms with Crippen LogP contribution >= 0.6 is 0 Å². The van der Waals surface area contributed by atoms with Gasteiger partial charge in [-0.25, -0.2) is 4.79 Å². The Labute approximate surface area is 177 Å². The Balaban J connectivity index is 1.63. The lowest BCUT2D eigenvalue weighted by Gasteiger charge is -2.44. The molecule has 1 aliphatic heterocycles. The van der Waals surface area contributed by atoms with Gasteiger partial charge >= 0.3 is 5.97 Å². The van der Waals surface area contributed by atoms with Gasteiger partial charge in [-0.1, -0.05) is 74.5 Å². The van der Waals surface area contributed by atoms with E-state index in [0.29, 0.717) is 19.8 Å². The molecule has 0 aromatic heterocycles. The standard InChI is InChI=1S/C24H30O6/c1-17-21(15-27-13-19-9-5-3-6-10-19)30-24(18(2)23(17)28-16-22(25)26)29-14-20-11-7-4-8-12-20/h3-12,17-18,21,23-24H,13-16H2,1-2H3,(H,25,26)/t17-,18?,21?,23+,24+/m1/s1. The molecular formula is C24H30O6. The smallest absolute Gasteiger partial charge is 0.329 e. The molecule has 1 fully saturated rings. The molecule has 2 aromatic rings. The minimum absolute atomic E-state index is 0.0355. The van der Waals surface area contributed by atoms with Crippen molar-refractivity contribution in [3.05, 3.63) is 71.8 Å². The van der Waals surface area contributed by atoms with Gasteiger partial charge in [-0.2, -0.15) is 0 Å². The molecule has 0 aliphatic carbocycles. The predicted octanol–water partition coefficient (Wildman–Crippen LogP) is 3.89. The molecule has 6 heteroatoms. The third-order valence-electron chi connectivity index (χ3n) is 5.41. The van der Waals surface area contributed by atoms with E-state index in [0.717, 1.165) is 11.1 Å². The molecule has 162 valence electrons. The summed E-state index contributed by atoms with van der Waals surface area (Å²) in [6, 6.07) is 19.8. The average molecular weight is 414 g/mol. The summed E-state index contributed by atoms with van der Waals surface area (Å²) in [5.74, 6) is -1.14. The number of aliphatic carboxylic acids is 1. The molecule has 1 saturated heterocycles. The van der Waals surface area contributed by atoms with Crippen molar-refractivity contribution in [2.24, 2.45) is 11.8 Å². The van der Waals surface area contributed by atoms with Crippen LogP contribution in [0.4, 0.5) is 0 Å². The number of rotatable bonds is 10. The van der Waals surface area contributed by atoms with Gasteiger partial charge in [0.15, 0.2) is 6.29 Å². The zero-order chi connectivity index (χ0) is 21.3. The molecule has 5 atom stereocenters. The van der Waals surface area contributed by atoms with Gasteiger partial charge in [-0.3, -0.25) is 0 Å². The second-order valence-corrected chi connectivity index (χ2v) is 7.73. The maximum atomic E-state index is 11.0. The molecule has 30 heavy (non-hydrogen) atoms. The van der Waals surface area contributed by atoms with Crippen molar-refractivity contribution >= 4 is 5.97 Å². The molecular weight excluding hydrogens is 384 g/mol. The van der Waals surface area contributed by atoms with Crippen LogP contribution in [0.15, 0.2) is 60.7 Å². The highest BCUT2D eigenvalue weighted by atomic mass is 16.7. The predicted molar refractivity (Wildman–Crippen MR) is 112 cm³/mol. The Bertz CT molecular complexity index is 766. The highest BCUT2D eigenvalue weighted by Gasteiger charge is 2.43. The Morgan fingerprint density at radius 1 is 0.900 bits per heavy atom. The Morgan fingerprint density at radius 2 is 1.50 bits per heavy atom. The van der Waals surface area contributed by atoms with Crippen molar-refractivity contribution < 1.29 is 28.8 Å². The zero-order valence-electron chi connectivity index (χ0n) is 17.5. The van der Waals surface area contributed by atoms with Gasteiger partial charge in [-0.15, -0.1) is 0 Å². The fraction of sp³-hybridized carbons (Fsp3) is 0.458. The van der Waals surface area contributed by atoms with Crippen molar-refractivity contribution in [2.75, 3.05) is 13.2 Å². The average Bonchev–Trinajstić information content (AvgIpc) is 2.75. The largest absolute Gasteiger partial charge is 0.480 e. The van der Waals surface area contributed by atoms with Gasteiger partial charge in [0.1, 0.15) is 6.61 Å². The SMILES string of the molecule is CC1[C@@H](OCc2ccccc2)OC(COCc2ccccc2)[C@@H](C)[C@@H]1OCC(=O)O. The van der Waals surface area contributed by atoms with Gasteiger partial charge in [0.25, 0.3) is 0 Å². The van der Waals surface area contributed by atoms with Crippen LogP contribution in [0.2, 0.25) is 0 Å². The first-order chi connectivity index (χ1) is 14.5. The van der Waals surface area contributed by atoms with Crippen LogP contribution in [0.1, 0.15) is 25.0 Å². The Hall–Kier alpha value is -2.25. The van der Waals surface area contributed by atoms with E-state index in [4.69, 9.17) is 24.1 Å². The summed E-state index contributed by atoms with van der Waals surface area (Å²) < 4.78 is 23.9. The van der Waals surface area contributed by atoms with Crippen molar-refractivity contribution in [3.63, 3.8) is 0 Å². The number of hydrogen-bond donors (Lipinski definition) is 1. The molecule has 1 N–H and O–H groups in total. The number of hydrogen-bond acceptors (Lipinski definition) is 5. The number of benzene rings is 2. The number of ether oxygens (including phenoxy) is 4. The molecule has 2 unspecified atom stereocenters. The van der Waals surface area contributed by atoms with E-state index in [-0.39, 0.29) is 30.7 Å². The quantitative estimate of drug-likeness (QED) is 0.636. The van der Waals surface area contributed by atoms with Gasteiger partial charge in [-0.05, 0) is 11.1 Å². The van der Waals surface area contributed by atoms with Crippen molar-refractivity contribution in [1.29, 1.82) is 0 Å². The molecule has 1 heterocycles. The van der Waals surface area contributed by atoms with Crippen LogP contribution in [0.3, 0.4) is 0 Å². The minimum Gasteiger partial charge on any atom is -0.480 e. The first-order valence-corrected chi connectivity index (χ1v) is 10.3. The zero-order valence-corrected chi connectivity index (χ0v) is 17.5. The second-order valence-electron chi connectivity index (χ2n) is 7.73. The van der Waals surface area contributed by atoms with E-state index in [2.05, 4.69) is 0 Å². The van der Waals surface area contributed by atoms with Crippen LogP contribution in [-0.4, -0.2) is 42.8 Å². The molecule has 1 aliphatic rings. The maximum Gasteiger partial charge on any atom is 0.329 e. The van der Waals surface area contributed by atoms with Crippen LogP contribution < -0.4 is 0 Å². The monoisotopic (exact) mass is 414 g/mol. The molecule has 0 amide bonds. The summed E-state index contributed by atoms with van der Waals surface area (Å²) in [6.45, 7) is 4.91. The van der Waals surface area contributed by atoms with Crippen LogP contribution in [0.25, 0.3) is 0 Å². The summed E-state index contributed by atoms with van der Waals surface area (Å²) in [5, 5.41) is 9.06. The molecule has 0 spiro atoms. The van der Waals surface area contributed by atoms with Crippen LogP contribution in [0, 0.1) is 11.8 Å². The molecule has 2 aromatic carbocycles. The van der Waals surface area contributed by atoms with Crippen LogP contribution in [-0.2, 0) is 37.0 Å². The fourth-order valence-electron chi connectivity index (χ4n) is 3.74. The van der Waals surface area contributed by atoms with Crippen molar-refractivity contribution in [2.45, 2.75) is 45.6 Å². The van der Waals surface area contributed by atoms with Gasteiger partial charge < -0.3 is 24.1 Å². The molecule has 3 rings (SSSR count). The van der Waals surface area contributed by atoms with E-state index < -0.39 is 12.3 Å². The highest BCUT2D eigenvalue weighted by Crippen LogP contribution is 2.33. The fourth-order valence-corrected chi connectivity index (χ4v) is 3.74. The van der Waals surface area contributed by atoms with Gasteiger partial charge in [0.2, 0.25) is 0 Å². The summed E-state index contributed by atoms with van der Waals surface area (Å²) >= 11 is 0. The Morgan fingerprint density at radius 3 is 2.10 bits per heavy atom. The topological polar surface area (TPSA) is 74.2 Å². The van der Waals surface area contributed by atoms with E-state index in [1.165, 1.54) is 0 Å². The highest BCUT2D eigenvalue weighted by molar-refractivity contribution is 5.68. The number of carbonyl (C=O) groups is 1.